The summed E-state index contributed by atoms with van der Waals surface area (Å²) in [4.78, 5) is 25.1. The Morgan fingerprint density at radius 1 is 1.28 bits per heavy atom. The van der Waals surface area contributed by atoms with E-state index < -0.39 is 28.6 Å². The minimum Gasteiger partial charge on any atom is -0.480 e. The minimum absolute atomic E-state index is 0.0394. The van der Waals surface area contributed by atoms with Gasteiger partial charge in [0, 0.05) is 25.7 Å². The van der Waals surface area contributed by atoms with Gasteiger partial charge in [-0.1, -0.05) is 13.3 Å². The van der Waals surface area contributed by atoms with Gasteiger partial charge in [0.2, 0.25) is 10.0 Å². The van der Waals surface area contributed by atoms with Crippen molar-refractivity contribution in [3.8, 4) is 0 Å². The molecule has 0 radical (unpaired) electrons. The van der Waals surface area contributed by atoms with E-state index in [1.165, 1.54) is 9.21 Å². The fraction of sp³-hybridized carbons (Fsp3) is 0.875. The summed E-state index contributed by atoms with van der Waals surface area (Å²) in [6.07, 6.45) is 1.94. The molecule has 1 unspecified atom stereocenters. The van der Waals surface area contributed by atoms with Gasteiger partial charge < -0.3 is 14.7 Å². The van der Waals surface area contributed by atoms with Crippen molar-refractivity contribution in [2.24, 2.45) is 0 Å². The van der Waals surface area contributed by atoms with Crippen molar-refractivity contribution >= 4 is 21.9 Å². The highest BCUT2D eigenvalue weighted by atomic mass is 32.2. The zero-order chi connectivity index (χ0) is 19.0. The standard InChI is InChI=1S/C16H30N2O6S/c1-4-6-11-24-13(3)16(21)18(12-15(19)20)14-7-9-17(10-8-14)25(22,23)5-2/h13-14H,4-12H2,1-3H3,(H,19,20). The molecule has 1 atom stereocenters. The number of piperidine rings is 1. The quantitative estimate of drug-likeness (QED) is 0.567. The number of nitrogens with zero attached hydrogens (tertiary/aromatic N) is 2. The zero-order valence-corrected chi connectivity index (χ0v) is 16.1. The molecule has 25 heavy (non-hydrogen) atoms. The summed E-state index contributed by atoms with van der Waals surface area (Å²) in [6, 6.07) is -0.288. The van der Waals surface area contributed by atoms with Crippen molar-refractivity contribution in [3.63, 3.8) is 0 Å². The number of rotatable bonds is 10. The molecule has 0 bridgehead atoms. The number of hydrogen-bond donors (Lipinski definition) is 1. The van der Waals surface area contributed by atoms with Crippen LogP contribution in [0.3, 0.4) is 0 Å². The van der Waals surface area contributed by atoms with Crippen LogP contribution in [0.5, 0.6) is 0 Å². The van der Waals surface area contributed by atoms with Gasteiger partial charge in [-0.2, -0.15) is 0 Å². The Kier molecular flexibility index (Phi) is 8.81. The summed E-state index contributed by atoms with van der Waals surface area (Å²) >= 11 is 0. The maximum Gasteiger partial charge on any atom is 0.323 e. The first-order valence-corrected chi connectivity index (χ1v) is 10.5. The van der Waals surface area contributed by atoms with E-state index in [9.17, 15) is 18.0 Å². The van der Waals surface area contributed by atoms with E-state index in [1.807, 2.05) is 6.92 Å². The van der Waals surface area contributed by atoms with E-state index in [-0.39, 0.29) is 17.7 Å². The van der Waals surface area contributed by atoms with Crippen LogP contribution < -0.4 is 0 Å². The molecule has 1 heterocycles. The smallest absolute Gasteiger partial charge is 0.323 e. The van der Waals surface area contributed by atoms with Gasteiger partial charge in [-0.3, -0.25) is 9.59 Å². The lowest BCUT2D eigenvalue weighted by Gasteiger charge is -2.38. The van der Waals surface area contributed by atoms with Gasteiger partial charge in [-0.15, -0.1) is 0 Å². The van der Waals surface area contributed by atoms with Gasteiger partial charge >= 0.3 is 5.97 Å². The normalized spacial score (nSPS) is 18.0. The molecule has 1 N–H and O–H groups in total. The van der Waals surface area contributed by atoms with Crippen LogP contribution in [0.2, 0.25) is 0 Å². The molecular formula is C16H30N2O6S. The molecule has 0 spiro atoms. The molecule has 0 aromatic rings. The molecule has 1 aliphatic rings. The molecule has 1 fully saturated rings. The Hall–Kier alpha value is -1.19. The van der Waals surface area contributed by atoms with Crippen molar-refractivity contribution in [3.05, 3.63) is 0 Å². The third-order valence-electron chi connectivity index (χ3n) is 4.42. The van der Waals surface area contributed by atoms with E-state index in [0.29, 0.717) is 32.5 Å². The van der Waals surface area contributed by atoms with E-state index in [0.717, 1.165) is 12.8 Å². The summed E-state index contributed by atoms with van der Waals surface area (Å²) in [6.45, 7) is 5.90. The molecule has 0 aliphatic carbocycles. The number of carboxylic acid groups (broad SMARTS) is 1. The second-order valence-electron chi connectivity index (χ2n) is 6.26. The summed E-state index contributed by atoms with van der Waals surface area (Å²) in [7, 11) is -3.26. The van der Waals surface area contributed by atoms with Crippen molar-refractivity contribution < 1.29 is 27.9 Å². The lowest BCUT2D eigenvalue weighted by molar-refractivity contribution is -0.153. The molecule has 9 heteroatoms. The molecule has 1 rings (SSSR count). The van der Waals surface area contributed by atoms with Gasteiger partial charge in [-0.25, -0.2) is 12.7 Å². The van der Waals surface area contributed by atoms with Crippen LogP contribution in [0.25, 0.3) is 0 Å². The molecular weight excluding hydrogens is 348 g/mol. The summed E-state index contributed by atoms with van der Waals surface area (Å²) < 4.78 is 30.8. The fourth-order valence-electron chi connectivity index (χ4n) is 2.86. The monoisotopic (exact) mass is 378 g/mol. The SMILES string of the molecule is CCCCOC(C)C(=O)N(CC(=O)O)C1CCN(S(=O)(=O)CC)CC1. The zero-order valence-electron chi connectivity index (χ0n) is 15.3. The molecule has 1 amide bonds. The topological polar surface area (TPSA) is 104 Å². The van der Waals surface area contributed by atoms with Crippen LogP contribution in [0.1, 0.15) is 46.5 Å². The van der Waals surface area contributed by atoms with Crippen LogP contribution in [0.15, 0.2) is 0 Å². The highest BCUT2D eigenvalue weighted by Crippen LogP contribution is 2.20. The van der Waals surface area contributed by atoms with Gasteiger partial charge in [-0.05, 0) is 33.1 Å². The Labute approximate surface area is 150 Å². The van der Waals surface area contributed by atoms with Crippen molar-refractivity contribution in [2.45, 2.75) is 58.6 Å². The molecule has 1 saturated heterocycles. The number of carbonyl (C=O) groups is 2. The predicted molar refractivity (Wildman–Crippen MR) is 93.7 cm³/mol. The molecule has 146 valence electrons. The van der Waals surface area contributed by atoms with Crippen LogP contribution in [-0.2, 0) is 24.3 Å². The second kappa shape index (κ2) is 10.1. The van der Waals surface area contributed by atoms with Crippen LogP contribution >= 0.6 is 0 Å². The maximum absolute atomic E-state index is 12.6. The van der Waals surface area contributed by atoms with Crippen LogP contribution in [0.4, 0.5) is 0 Å². The average molecular weight is 378 g/mol. The number of carboxylic acids is 1. The Morgan fingerprint density at radius 3 is 2.36 bits per heavy atom. The summed E-state index contributed by atoms with van der Waals surface area (Å²) in [5, 5.41) is 9.14. The first-order valence-electron chi connectivity index (χ1n) is 8.84. The number of unbranched alkanes of at least 4 members (excludes halogenated alkanes) is 1. The fourth-order valence-corrected chi connectivity index (χ4v) is 3.99. The largest absolute Gasteiger partial charge is 0.480 e. The number of carbonyl (C=O) groups excluding carboxylic acids is 1. The number of aliphatic carboxylic acids is 1. The van der Waals surface area contributed by atoms with Gasteiger partial charge in [0.05, 0.1) is 5.75 Å². The number of hydrogen-bond acceptors (Lipinski definition) is 5. The number of sulfonamides is 1. The third kappa shape index (κ3) is 6.56. The molecule has 8 nitrogen and oxygen atoms in total. The second-order valence-corrected chi connectivity index (χ2v) is 8.51. The maximum atomic E-state index is 12.6. The Morgan fingerprint density at radius 2 is 1.88 bits per heavy atom. The van der Waals surface area contributed by atoms with E-state index >= 15 is 0 Å². The lowest BCUT2D eigenvalue weighted by atomic mass is 10.0. The van der Waals surface area contributed by atoms with Gasteiger partial charge in [0.1, 0.15) is 12.6 Å². The minimum atomic E-state index is -3.26. The Bertz CT molecular complexity index is 543. The number of ether oxygens (including phenoxy) is 1. The molecule has 0 saturated carbocycles. The third-order valence-corrected chi connectivity index (χ3v) is 6.31. The first-order chi connectivity index (χ1) is 11.7. The lowest BCUT2D eigenvalue weighted by Crippen LogP contribution is -2.52. The van der Waals surface area contributed by atoms with Gasteiger partial charge in [0.25, 0.3) is 5.91 Å². The predicted octanol–water partition coefficient (Wildman–Crippen LogP) is 0.919. The highest BCUT2D eigenvalue weighted by Gasteiger charge is 2.34. The van der Waals surface area contributed by atoms with Crippen LogP contribution in [-0.4, -0.2) is 78.7 Å². The van der Waals surface area contributed by atoms with Crippen molar-refractivity contribution in [1.29, 1.82) is 0 Å². The average Bonchev–Trinajstić information content (AvgIpc) is 2.59. The van der Waals surface area contributed by atoms with Crippen molar-refractivity contribution in [2.75, 3.05) is 32.0 Å². The van der Waals surface area contributed by atoms with E-state index in [2.05, 4.69) is 0 Å². The Balaban J connectivity index is 2.73. The van der Waals surface area contributed by atoms with E-state index in [1.54, 1.807) is 13.8 Å². The van der Waals surface area contributed by atoms with Crippen LogP contribution in [0, 0.1) is 0 Å². The molecule has 1 aliphatic heterocycles. The molecule has 0 aromatic heterocycles. The summed E-state index contributed by atoms with van der Waals surface area (Å²) in [5.41, 5.74) is 0. The van der Waals surface area contributed by atoms with E-state index in [4.69, 9.17) is 9.84 Å². The highest BCUT2D eigenvalue weighted by molar-refractivity contribution is 7.89. The van der Waals surface area contributed by atoms with Crippen molar-refractivity contribution in [1.82, 2.24) is 9.21 Å². The summed E-state index contributed by atoms with van der Waals surface area (Å²) in [5.74, 6) is -1.40. The molecule has 0 aromatic carbocycles. The number of amides is 1. The van der Waals surface area contributed by atoms with Gasteiger partial charge in [0.15, 0.2) is 0 Å². The first kappa shape index (κ1) is 21.9.